The second kappa shape index (κ2) is 4.14. The first-order chi connectivity index (χ1) is 9.66. The van der Waals surface area contributed by atoms with Crippen molar-refractivity contribution >= 4 is 34.7 Å². The van der Waals surface area contributed by atoms with E-state index in [0.29, 0.717) is 0 Å². The summed E-state index contributed by atoms with van der Waals surface area (Å²) in [7, 11) is 2.00. The van der Waals surface area contributed by atoms with Gasteiger partial charge in [0.1, 0.15) is 0 Å². The molecule has 2 aromatic carbocycles. The fourth-order valence-corrected chi connectivity index (χ4v) is 5.45. The van der Waals surface area contributed by atoms with Gasteiger partial charge in [-0.2, -0.15) is 0 Å². The predicted molar refractivity (Wildman–Crippen MR) is 80.3 cm³/mol. The molecule has 0 spiro atoms. The van der Waals surface area contributed by atoms with E-state index in [1.807, 2.05) is 13.2 Å². The Bertz CT molecular complexity index is 870. The van der Waals surface area contributed by atoms with Crippen LogP contribution in [0.5, 0.6) is 0 Å². The third-order valence-corrected chi connectivity index (χ3v) is 6.31. The van der Waals surface area contributed by atoms with Crippen LogP contribution in [-0.4, -0.2) is 15.0 Å². The van der Waals surface area contributed by atoms with E-state index in [1.54, 1.807) is 6.07 Å². The first kappa shape index (κ1) is 12.1. The summed E-state index contributed by atoms with van der Waals surface area (Å²) in [6.45, 7) is 2.11. The summed E-state index contributed by atoms with van der Waals surface area (Å²) >= 11 is 0.0265. The molecule has 1 aliphatic heterocycles. The van der Waals surface area contributed by atoms with Gasteiger partial charge in [0.25, 0.3) is 0 Å². The predicted octanol–water partition coefficient (Wildman–Crippen LogP) is 1.75. The van der Waals surface area contributed by atoms with Gasteiger partial charge in [0.15, 0.2) is 0 Å². The van der Waals surface area contributed by atoms with Crippen molar-refractivity contribution in [3.8, 4) is 11.3 Å². The standard InChI is InChI=1S/C17H13FNSe/c1-10-6-7-11-4-3-5-13-15(11)14(10)16-17(20-13)12(18)8-9-19(16)2/h3-9H,1-2H3/q+1. The van der Waals surface area contributed by atoms with Crippen LogP contribution in [-0.2, 0) is 7.05 Å². The van der Waals surface area contributed by atoms with Gasteiger partial charge in [-0.05, 0) is 0 Å². The third kappa shape index (κ3) is 1.51. The van der Waals surface area contributed by atoms with E-state index in [9.17, 15) is 4.39 Å². The minimum atomic E-state index is -0.0796. The number of aromatic nitrogens is 1. The number of hydrogen-bond donors (Lipinski definition) is 0. The van der Waals surface area contributed by atoms with Crippen molar-refractivity contribution in [3.05, 3.63) is 54.0 Å². The number of benzene rings is 2. The van der Waals surface area contributed by atoms with Crippen molar-refractivity contribution in [1.82, 2.24) is 0 Å². The molecule has 0 aliphatic carbocycles. The average molecular weight is 329 g/mol. The van der Waals surface area contributed by atoms with E-state index in [1.165, 1.54) is 26.4 Å². The molecular weight excluding hydrogens is 316 g/mol. The number of aryl methyl sites for hydroxylation is 2. The van der Waals surface area contributed by atoms with Crippen molar-refractivity contribution < 1.29 is 8.96 Å². The molecule has 1 aliphatic rings. The fourth-order valence-electron chi connectivity index (χ4n) is 2.94. The quantitative estimate of drug-likeness (QED) is 0.342. The molecule has 0 radical (unpaired) electrons. The van der Waals surface area contributed by atoms with E-state index in [-0.39, 0.29) is 20.8 Å². The summed E-state index contributed by atoms with van der Waals surface area (Å²) in [4.78, 5) is 0. The summed E-state index contributed by atoms with van der Waals surface area (Å²) in [6, 6.07) is 12.2. The molecule has 0 amide bonds. The van der Waals surface area contributed by atoms with Gasteiger partial charge in [0.2, 0.25) is 0 Å². The van der Waals surface area contributed by atoms with Crippen LogP contribution < -0.4 is 13.5 Å². The molecular formula is C17H13FNSe+. The molecule has 3 aromatic rings. The van der Waals surface area contributed by atoms with Crippen LogP contribution in [0.3, 0.4) is 0 Å². The monoisotopic (exact) mass is 330 g/mol. The van der Waals surface area contributed by atoms with Gasteiger partial charge in [-0.25, -0.2) is 0 Å². The number of halogens is 1. The van der Waals surface area contributed by atoms with Gasteiger partial charge in [-0.3, -0.25) is 0 Å². The number of pyridine rings is 1. The zero-order valence-corrected chi connectivity index (χ0v) is 13.0. The molecule has 0 N–H and O–H groups in total. The summed E-state index contributed by atoms with van der Waals surface area (Å²) in [5, 5.41) is 2.56. The Morgan fingerprint density at radius 1 is 1.10 bits per heavy atom. The maximum atomic E-state index is 14.3. The van der Waals surface area contributed by atoms with Crippen molar-refractivity contribution in [1.29, 1.82) is 0 Å². The summed E-state index contributed by atoms with van der Waals surface area (Å²) < 4.78 is 18.5. The van der Waals surface area contributed by atoms with E-state index in [0.717, 1.165) is 10.2 Å². The molecule has 0 atom stereocenters. The van der Waals surface area contributed by atoms with Gasteiger partial charge in [0, 0.05) is 0 Å². The van der Waals surface area contributed by atoms with Gasteiger partial charge >= 0.3 is 123 Å². The van der Waals surface area contributed by atoms with Crippen LogP contribution in [0.4, 0.5) is 4.39 Å². The Hall–Kier alpha value is -1.70. The zero-order chi connectivity index (χ0) is 13.9. The summed E-state index contributed by atoms with van der Waals surface area (Å²) in [5.74, 6) is -0.0796. The number of fused-ring (bicyclic) bond motifs is 2. The maximum absolute atomic E-state index is 14.3. The van der Waals surface area contributed by atoms with E-state index >= 15 is 0 Å². The van der Waals surface area contributed by atoms with Crippen molar-refractivity contribution in [2.45, 2.75) is 6.92 Å². The minimum absolute atomic E-state index is 0.0265. The van der Waals surface area contributed by atoms with Crippen LogP contribution in [0.15, 0.2) is 42.6 Å². The fraction of sp³-hybridized carbons (Fsp3) is 0.118. The molecule has 1 nitrogen and oxygen atoms in total. The summed E-state index contributed by atoms with van der Waals surface area (Å²) in [6.07, 6.45) is 1.82. The Morgan fingerprint density at radius 3 is 2.80 bits per heavy atom. The normalized spacial score (nSPS) is 12.6. The Morgan fingerprint density at radius 2 is 1.95 bits per heavy atom. The van der Waals surface area contributed by atoms with Crippen LogP contribution >= 0.6 is 0 Å². The summed E-state index contributed by atoms with van der Waals surface area (Å²) in [5.41, 5.74) is 3.46. The molecule has 4 rings (SSSR count). The van der Waals surface area contributed by atoms with Crippen LogP contribution in [0.25, 0.3) is 22.0 Å². The number of rotatable bonds is 0. The Balaban J connectivity index is 2.26. The molecule has 0 bridgehead atoms. The molecule has 2 heterocycles. The first-order valence-corrected chi connectivity index (χ1v) is 8.27. The van der Waals surface area contributed by atoms with Crippen LogP contribution in [0, 0.1) is 12.7 Å². The van der Waals surface area contributed by atoms with E-state index < -0.39 is 0 Å². The molecule has 20 heavy (non-hydrogen) atoms. The van der Waals surface area contributed by atoms with Gasteiger partial charge < -0.3 is 0 Å². The molecule has 1 aromatic heterocycles. The van der Waals surface area contributed by atoms with Gasteiger partial charge in [0.05, 0.1) is 0 Å². The van der Waals surface area contributed by atoms with Crippen LogP contribution in [0.2, 0.25) is 0 Å². The van der Waals surface area contributed by atoms with Gasteiger partial charge in [-0.1, -0.05) is 0 Å². The molecule has 98 valence electrons. The second-order valence-electron chi connectivity index (χ2n) is 5.17. The molecule has 0 saturated carbocycles. The molecule has 0 unspecified atom stereocenters. The number of nitrogens with zero attached hydrogens (tertiary/aromatic N) is 1. The van der Waals surface area contributed by atoms with Crippen molar-refractivity contribution in [3.63, 3.8) is 0 Å². The van der Waals surface area contributed by atoms with Crippen molar-refractivity contribution in [2.24, 2.45) is 7.05 Å². The second-order valence-corrected chi connectivity index (χ2v) is 7.37. The Kier molecular flexibility index (Phi) is 2.50. The first-order valence-electron chi connectivity index (χ1n) is 6.55. The molecule has 0 fully saturated rings. The van der Waals surface area contributed by atoms with Crippen molar-refractivity contribution in [2.75, 3.05) is 0 Å². The molecule has 0 saturated heterocycles. The average Bonchev–Trinajstić information content (AvgIpc) is 2.46. The van der Waals surface area contributed by atoms with E-state index in [2.05, 4.69) is 41.8 Å². The number of hydrogen-bond acceptors (Lipinski definition) is 0. The molecule has 3 heteroatoms. The van der Waals surface area contributed by atoms with Gasteiger partial charge in [-0.15, -0.1) is 0 Å². The van der Waals surface area contributed by atoms with E-state index in [4.69, 9.17) is 0 Å². The Labute approximate surface area is 123 Å². The van der Waals surface area contributed by atoms with Crippen LogP contribution in [0.1, 0.15) is 5.56 Å². The SMILES string of the molecule is Cc1ccc2cccc3c2c1-c1c(c(F)cc[n+]1C)[Se]3. The third-order valence-electron chi connectivity index (χ3n) is 3.89. The topological polar surface area (TPSA) is 3.88 Å². The zero-order valence-electron chi connectivity index (χ0n) is 11.3.